The van der Waals surface area contributed by atoms with Crippen LogP contribution in [0.25, 0.3) is 0 Å². The van der Waals surface area contributed by atoms with E-state index in [1.54, 1.807) is 12.1 Å². The van der Waals surface area contributed by atoms with Crippen LogP contribution in [0.15, 0.2) is 48.5 Å². The minimum Gasteiger partial charge on any atom is -0.384 e. The molecule has 0 aliphatic heterocycles. The Kier molecular flexibility index (Phi) is 5.36. The quantitative estimate of drug-likeness (QED) is 0.871. The molecule has 0 saturated carbocycles. The molecule has 0 saturated heterocycles. The number of rotatable bonds is 4. The van der Waals surface area contributed by atoms with Crippen molar-refractivity contribution in [2.75, 3.05) is 18.1 Å². The summed E-state index contributed by atoms with van der Waals surface area (Å²) in [5.41, 5.74) is 2.89. The first-order chi connectivity index (χ1) is 10.2. The highest BCUT2D eigenvalue weighted by atomic mass is 19.1. The molecule has 2 rings (SSSR count). The van der Waals surface area contributed by atoms with Gasteiger partial charge in [0.2, 0.25) is 0 Å². The summed E-state index contributed by atoms with van der Waals surface area (Å²) in [7, 11) is 0. The number of hydrogen-bond acceptors (Lipinski definition) is 2. The summed E-state index contributed by atoms with van der Waals surface area (Å²) in [5.74, 6) is 5.26. The molecule has 2 nitrogen and oxygen atoms in total. The summed E-state index contributed by atoms with van der Waals surface area (Å²) < 4.78 is 13.3. The fraction of sp³-hybridized carbons (Fsp3) is 0.222. The van der Waals surface area contributed by atoms with Crippen LogP contribution in [0.1, 0.15) is 18.1 Å². The molecule has 2 aromatic rings. The lowest BCUT2D eigenvalue weighted by atomic mass is 10.1. The zero-order valence-electron chi connectivity index (χ0n) is 12.0. The second-order valence-electron chi connectivity index (χ2n) is 4.65. The van der Waals surface area contributed by atoms with E-state index in [4.69, 9.17) is 5.11 Å². The predicted octanol–water partition coefficient (Wildman–Crippen LogP) is 3.20. The van der Waals surface area contributed by atoms with E-state index >= 15 is 0 Å². The Morgan fingerprint density at radius 3 is 2.52 bits per heavy atom. The van der Waals surface area contributed by atoms with Gasteiger partial charge in [-0.25, -0.2) is 4.39 Å². The van der Waals surface area contributed by atoms with Gasteiger partial charge >= 0.3 is 0 Å². The fourth-order valence-electron chi connectivity index (χ4n) is 2.11. The molecule has 0 heterocycles. The van der Waals surface area contributed by atoms with E-state index in [-0.39, 0.29) is 12.4 Å². The van der Waals surface area contributed by atoms with Gasteiger partial charge < -0.3 is 10.0 Å². The van der Waals surface area contributed by atoms with Crippen LogP contribution >= 0.6 is 0 Å². The molecule has 0 aliphatic carbocycles. The van der Waals surface area contributed by atoms with Crippen LogP contribution in [0, 0.1) is 17.7 Å². The topological polar surface area (TPSA) is 23.5 Å². The Morgan fingerprint density at radius 1 is 1.14 bits per heavy atom. The van der Waals surface area contributed by atoms with Crippen LogP contribution in [-0.4, -0.2) is 18.3 Å². The highest BCUT2D eigenvalue weighted by Gasteiger charge is 2.06. The van der Waals surface area contributed by atoms with E-state index in [1.165, 1.54) is 6.07 Å². The van der Waals surface area contributed by atoms with Crippen molar-refractivity contribution < 1.29 is 9.50 Å². The molecule has 108 valence electrons. The molecule has 1 N–H and O–H groups in total. The van der Waals surface area contributed by atoms with Crippen molar-refractivity contribution in [3.05, 3.63) is 65.5 Å². The molecule has 0 aromatic heterocycles. The van der Waals surface area contributed by atoms with Crippen molar-refractivity contribution in [2.24, 2.45) is 0 Å². The monoisotopic (exact) mass is 283 g/mol. The summed E-state index contributed by atoms with van der Waals surface area (Å²) in [4.78, 5) is 2.11. The zero-order valence-corrected chi connectivity index (χ0v) is 12.0. The van der Waals surface area contributed by atoms with Gasteiger partial charge in [-0.15, -0.1) is 0 Å². The van der Waals surface area contributed by atoms with Gasteiger partial charge in [0.1, 0.15) is 12.4 Å². The van der Waals surface area contributed by atoms with Crippen LogP contribution < -0.4 is 4.90 Å². The molecule has 0 amide bonds. The van der Waals surface area contributed by atoms with Crippen LogP contribution in [0.2, 0.25) is 0 Å². The molecule has 0 unspecified atom stereocenters. The van der Waals surface area contributed by atoms with Crippen LogP contribution in [-0.2, 0) is 6.54 Å². The van der Waals surface area contributed by atoms with Gasteiger partial charge in [-0.05, 0) is 42.8 Å². The van der Waals surface area contributed by atoms with Gasteiger partial charge in [0.05, 0.1) is 0 Å². The van der Waals surface area contributed by atoms with Gasteiger partial charge in [-0.1, -0.05) is 30.0 Å². The largest absolute Gasteiger partial charge is 0.384 e. The highest BCUT2D eigenvalue weighted by Crippen LogP contribution is 2.18. The Hall–Kier alpha value is -2.31. The lowest BCUT2D eigenvalue weighted by molar-refractivity contribution is 0.350. The van der Waals surface area contributed by atoms with Crippen molar-refractivity contribution in [1.29, 1.82) is 0 Å². The maximum Gasteiger partial charge on any atom is 0.125 e. The average Bonchev–Trinajstić information content (AvgIpc) is 2.51. The Labute approximate surface area is 124 Å². The summed E-state index contributed by atoms with van der Waals surface area (Å²) in [6.45, 7) is 3.43. The maximum absolute atomic E-state index is 13.3. The molecule has 0 spiro atoms. The first-order valence-electron chi connectivity index (χ1n) is 6.92. The lowest BCUT2D eigenvalue weighted by Gasteiger charge is -2.23. The van der Waals surface area contributed by atoms with E-state index in [0.717, 1.165) is 23.4 Å². The maximum atomic E-state index is 13.3. The van der Waals surface area contributed by atoms with Crippen LogP contribution in [0.5, 0.6) is 0 Å². The summed E-state index contributed by atoms with van der Waals surface area (Å²) in [5, 5.41) is 8.67. The molecule has 0 fully saturated rings. The van der Waals surface area contributed by atoms with Crippen LogP contribution in [0.3, 0.4) is 0 Å². The molecular formula is C18H18FNO. The highest BCUT2D eigenvalue weighted by molar-refractivity contribution is 5.47. The summed E-state index contributed by atoms with van der Waals surface area (Å²) in [6.07, 6.45) is 0. The summed E-state index contributed by atoms with van der Waals surface area (Å²) in [6, 6.07) is 14.5. The van der Waals surface area contributed by atoms with Gasteiger partial charge in [-0.3, -0.25) is 0 Å². The average molecular weight is 283 g/mol. The molecule has 3 heteroatoms. The normalized spacial score (nSPS) is 9.86. The number of hydrogen-bond donors (Lipinski definition) is 1. The molecule has 0 atom stereocenters. The van der Waals surface area contributed by atoms with Crippen molar-refractivity contribution in [2.45, 2.75) is 13.5 Å². The van der Waals surface area contributed by atoms with Gasteiger partial charge in [0.25, 0.3) is 0 Å². The predicted molar refractivity (Wildman–Crippen MR) is 83.5 cm³/mol. The lowest BCUT2D eigenvalue weighted by Crippen LogP contribution is -2.21. The minimum absolute atomic E-state index is 0.134. The van der Waals surface area contributed by atoms with E-state index in [1.807, 2.05) is 37.3 Å². The molecule has 0 bridgehead atoms. The van der Waals surface area contributed by atoms with E-state index in [9.17, 15) is 4.39 Å². The number of anilines is 1. The van der Waals surface area contributed by atoms with Gasteiger partial charge in [0.15, 0.2) is 0 Å². The second kappa shape index (κ2) is 7.47. The van der Waals surface area contributed by atoms with E-state index in [2.05, 4.69) is 16.7 Å². The van der Waals surface area contributed by atoms with Crippen LogP contribution in [0.4, 0.5) is 10.1 Å². The summed E-state index contributed by atoms with van der Waals surface area (Å²) >= 11 is 0. The van der Waals surface area contributed by atoms with E-state index in [0.29, 0.717) is 6.54 Å². The SMILES string of the molecule is CCN(Cc1ccc(C#CCO)cc1)c1cccc(F)c1. The van der Waals surface area contributed by atoms with Gasteiger partial charge in [-0.2, -0.15) is 0 Å². The molecular weight excluding hydrogens is 265 g/mol. The fourth-order valence-corrected chi connectivity index (χ4v) is 2.11. The Balaban J connectivity index is 2.11. The number of benzene rings is 2. The first-order valence-corrected chi connectivity index (χ1v) is 6.92. The standard InChI is InChI=1S/C18H18FNO/c1-2-20(18-7-3-6-17(19)13-18)14-16-10-8-15(9-11-16)5-4-12-21/h3,6-11,13,21H,2,12,14H2,1H3. The minimum atomic E-state index is -0.222. The van der Waals surface area contributed by atoms with Crippen molar-refractivity contribution in [1.82, 2.24) is 0 Å². The Bertz CT molecular complexity index is 640. The third-order valence-electron chi connectivity index (χ3n) is 3.19. The molecule has 0 radical (unpaired) electrons. The first kappa shape index (κ1) is 15.1. The second-order valence-corrected chi connectivity index (χ2v) is 4.65. The Morgan fingerprint density at radius 2 is 1.90 bits per heavy atom. The van der Waals surface area contributed by atoms with Gasteiger partial charge in [0, 0.05) is 24.3 Å². The molecule has 0 aliphatic rings. The number of aliphatic hydroxyl groups is 1. The van der Waals surface area contributed by atoms with Crippen molar-refractivity contribution in [3.8, 4) is 11.8 Å². The zero-order chi connectivity index (χ0) is 15.1. The third-order valence-corrected chi connectivity index (χ3v) is 3.19. The molecule has 2 aromatic carbocycles. The smallest absolute Gasteiger partial charge is 0.125 e. The van der Waals surface area contributed by atoms with E-state index < -0.39 is 0 Å². The van der Waals surface area contributed by atoms with Crippen molar-refractivity contribution >= 4 is 5.69 Å². The number of aliphatic hydroxyl groups excluding tert-OH is 1. The van der Waals surface area contributed by atoms with Crippen molar-refractivity contribution in [3.63, 3.8) is 0 Å². The number of halogens is 1. The molecule has 21 heavy (non-hydrogen) atoms. The number of nitrogens with zero attached hydrogens (tertiary/aromatic N) is 1. The third kappa shape index (κ3) is 4.34.